The van der Waals surface area contributed by atoms with Crippen LogP contribution in [0.5, 0.6) is 5.75 Å². The molecule has 0 bridgehead atoms. The molecule has 4 rings (SSSR count). The molecule has 1 aliphatic carbocycles. The highest BCUT2D eigenvalue weighted by Gasteiger charge is 2.83. The Morgan fingerprint density at radius 2 is 1.90 bits per heavy atom. The molecule has 0 amide bonds. The highest BCUT2D eigenvalue weighted by molar-refractivity contribution is 5.37. The van der Waals surface area contributed by atoms with E-state index in [9.17, 15) is 5.11 Å². The van der Waals surface area contributed by atoms with E-state index in [1.54, 1.807) is 18.2 Å². The van der Waals surface area contributed by atoms with Crippen LogP contribution in [0.4, 0.5) is 0 Å². The van der Waals surface area contributed by atoms with Crippen LogP contribution < -0.4 is 5.11 Å². The standard InChI is InChI=1S/C17H22O4/c1-14(2)8-5-9-15(3)11-19-16(17(14,15)21-20-16)12-6-4-7-13(18)10-12/h4,6-7,10,18H,5,8-9,11H2,1-3H3/p-1/t15-,16+,17+/m1/s1. The highest BCUT2D eigenvalue weighted by atomic mass is 17.3. The number of rotatable bonds is 1. The Morgan fingerprint density at radius 1 is 1.10 bits per heavy atom. The lowest BCUT2D eigenvalue weighted by molar-refractivity contribution is -0.630. The first-order valence-electron chi connectivity index (χ1n) is 7.65. The summed E-state index contributed by atoms with van der Waals surface area (Å²) in [6.45, 7) is 7.26. The van der Waals surface area contributed by atoms with Crippen molar-refractivity contribution in [2.24, 2.45) is 10.8 Å². The van der Waals surface area contributed by atoms with Crippen molar-refractivity contribution in [1.29, 1.82) is 0 Å². The third-order valence-electron chi connectivity index (χ3n) is 5.89. The molecule has 0 unspecified atom stereocenters. The Morgan fingerprint density at radius 3 is 2.57 bits per heavy atom. The van der Waals surface area contributed by atoms with Crippen molar-refractivity contribution < 1.29 is 19.6 Å². The van der Waals surface area contributed by atoms with Gasteiger partial charge in [-0.1, -0.05) is 51.5 Å². The second kappa shape index (κ2) is 3.80. The molecule has 3 fully saturated rings. The van der Waals surface area contributed by atoms with Crippen LogP contribution in [0.25, 0.3) is 0 Å². The van der Waals surface area contributed by atoms with Crippen molar-refractivity contribution in [2.75, 3.05) is 6.61 Å². The Labute approximate surface area is 124 Å². The molecule has 3 aliphatic rings. The summed E-state index contributed by atoms with van der Waals surface area (Å²) in [6, 6.07) is 6.83. The molecule has 1 aromatic carbocycles. The highest BCUT2D eigenvalue weighted by Crippen LogP contribution is 2.73. The normalized spacial score (nSPS) is 43.8. The van der Waals surface area contributed by atoms with Crippen molar-refractivity contribution in [3.05, 3.63) is 29.8 Å². The van der Waals surface area contributed by atoms with Crippen LogP contribution in [0.3, 0.4) is 0 Å². The van der Waals surface area contributed by atoms with E-state index < -0.39 is 11.4 Å². The van der Waals surface area contributed by atoms with E-state index >= 15 is 0 Å². The van der Waals surface area contributed by atoms with E-state index in [0.29, 0.717) is 6.61 Å². The molecule has 2 saturated heterocycles. The predicted octanol–water partition coefficient (Wildman–Crippen LogP) is 2.86. The molecule has 2 heterocycles. The predicted molar refractivity (Wildman–Crippen MR) is 74.2 cm³/mol. The number of ether oxygens (including phenoxy) is 1. The van der Waals surface area contributed by atoms with E-state index in [2.05, 4.69) is 20.8 Å². The second-order valence-electron chi connectivity index (χ2n) is 7.58. The van der Waals surface area contributed by atoms with E-state index in [0.717, 1.165) is 24.8 Å². The van der Waals surface area contributed by atoms with Gasteiger partial charge in [-0.05, 0) is 12.8 Å². The monoisotopic (exact) mass is 289 g/mol. The van der Waals surface area contributed by atoms with Crippen LogP contribution in [-0.4, -0.2) is 12.2 Å². The lowest BCUT2D eigenvalue weighted by Crippen LogP contribution is -2.75. The zero-order valence-electron chi connectivity index (χ0n) is 12.8. The third kappa shape index (κ3) is 1.32. The fourth-order valence-corrected chi connectivity index (χ4v) is 4.94. The largest absolute Gasteiger partial charge is 0.872 e. The number of benzene rings is 1. The topological polar surface area (TPSA) is 50.8 Å². The third-order valence-corrected chi connectivity index (χ3v) is 5.89. The van der Waals surface area contributed by atoms with Gasteiger partial charge in [-0.15, -0.1) is 5.75 Å². The fourth-order valence-electron chi connectivity index (χ4n) is 4.94. The average molecular weight is 289 g/mol. The minimum Gasteiger partial charge on any atom is -0.872 e. The molecule has 4 heteroatoms. The van der Waals surface area contributed by atoms with Crippen LogP contribution in [-0.2, 0) is 20.3 Å². The molecular weight excluding hydrogens is 268 g/mol. The molecule has 3 atom stereocenters. The maximum atomic E-state index is 11.8. The van der Waals surface area contributed by atoms with Gasteiger partial charge < -0.3 is 9.84 Å². The van der Waals surface area contributed by atoms with Gasteiger partial charge >= 0.3 is 0 Å². The maximum Gasteiger partial charge on any atom is 0.261 e. The molecule has 0 aromatic heterocycles. The maximum absolute atomic E-state index is 11.8. The number of hydrogen-bond acceptors (Lipinski definition) is 4. The summed E-state index contributed by atoms with van der Waals surface area (Å²) in [5.74, 6) is -0.968. The van der Waals surface area contributed by atoms with Gasteiger partial charge in [-0.3, -0.25) is 0 Å². The molecule has 0 radical (unpaired) electrons. The van der Waals surface area contributed by atoms with E-state index in [1.165, 1.54) is 0 Å². The summed E-state index contributed by atoms with van der Waals surface area (Å²) < 4.78 is 6.17. The van der Waals surface area contributed by atoms with E-state index in [-0.39, 0.29) is 16.6 Å². The zero-order valence-corrected chi connectivity index (χ0v) is 12.8. The molecule has 1 aromatic rings. The van der Waals surface area contributed by atoms with Gasteiger partial charge in [0.25, 0.3) is 5.79 Å². The van der Waals surface area contributed by atoms with Crippen molar-refractivity contribution in [3.63, 3.8) is 0 Å². The van der Waals surface area contributed by atoms with Crippen molar-refractivity contribution in [3.8, 4) is 5.75 Å². The van der Waals surface area contributed by atoms with Crippen LogP contribution in [0.1, 0.15) is 45.6 Å². The molecule has 0 N–H and O–H groups in total. The van der Waals surface area contributed by atoms with Crippen molar-refractivity contribution in [1.82, 2.24) is 0 Å². The molecule has 4 nitrogen and oxygen atoms in total. The van der Waals surface area contributed by atoms with Crippen LogP contribution in [0.15, 0.2) is 24.3 Å². The summed E-state index contributed by atoms with van der Waals surface area (Å²) in [4.78, 5) is 11.4. The Balaban J connectivity index is 1.91. The first-order chi connectivity index (χ1) is 9.87. The Hall–Kier alpha value is -1.10. The lowest BCUT2D eigenvalue weighted by Gasteiger charge is -2.64. The minimum absolute atomic E-state index is 0.0293. The lowest BCUT2D eigenvalue weighted by atomic mass is 9.50. The number of hydrogen-bond donors (Lipinski definition) is 0. The van der Waals surface area contributed by atoms with Gasteiger partial charge in [0.15, 0.2) is 5.60 Å². The Kier molecular flexibility index (Phi) is 2.46. The van der Waals surface area contributed by atoms with Gasteiger partial charge in [0.2, 0.25) is 0 Å². The fraction of sp³-hybridized carbons (Fsp3) is 0.647. The Bertz CT molecular complexity index is 598. The quantitative estimate of drug-likeness (QED) is 0.746. The second-order valence-corrected chi connectivity index (χ2v) is 7.58. The zero-order chi connectivity index (χ0) is 14.9. The first-order valence-corrected chi connectivity index (χ1v) is 7.65. The van der Waals surface area contributed by atoms with E-state index in [4.69, 9.17) is 14.5 Å². The summed E-state index contributed by atoms with van der Waals surface area (Å²) in [7, 11) is 0. The van der Waals surface area contributed by atoms with Gasteiger partial charge in [-0.2, -0.15) is 4.89 Å². The van der Waals surface area contributed by atoms with Gasteiger partial charge in [0, 0.05) is 16.4 Å². The first kappa shape index (κ1) is 13.6. The molecule has 114 valence electrons. The van der Waals surface area contributed by atoms with E-state index in [1.807, 2.05) is 6.07 Å². The summed E-state index contributed by atoms with van der Waals surface area (Å²) in [5, 5.41) is 11.8. The summed E-state index contributed by atoms with van der Waals surface area (Å²) in [5.41, 5.74) is 0.0819. The minimum atomic E-state index is -0.938. The van der Waals surface area contributed by atoms with Crippen molar-refractivity contribution >= 4 is 0 Å². The molecular formula is C17H21O4-. The smallest absolute Gasteiger partial charge is 0.261 e. The molecule has 2 aliphatic heterocycles. The van der Waals surface area contributed by atoms with Crippen molar-refractivity contribution in [2.45, 2.75) is 51.4 Å². The van der Waals surface area contributed by atoms with Gasteiger partial charge in [-0.25, -0.2) is 4.89 Å². The van der Waals surface area contributed by atoms with Crippen LogP contribution >= 0.6 is 0 Å². The van der Waals surface area contributed by atoms with Crippen LogP contribution in [0.2, 0.25) is 0 Å². The molecule has 1 saturated carbocycles. The van der Waals surface area contributed by atoms with Crippen LogP contribution in [0, 0.1) is 10.8 Å². The molecule has 1 spiro atoms. The van der Waals surface area contributed by atoms with Gasteiger partial charge in [0.05, 0.1) is 6.61 Å². The molecule has 21 heavy (non-hydrogen) atoms. The summed E-state index contributed by atoms with van der Waals surface area (Å²) in [6.07, 6.45) is 3.28. The summed E-state index contributed by atoms with van der Waals surface area (Å²) >= 11 is 0. The average Bonchev–Trinajstić information content (AvgIpc) is 2.55. The van der Waals surface area contributed by atoms with Gasteiger partial charge in [0.1, 0.15) is 0 Å². The SMILES string of the molecule is CC1(C)CCC[C@]2(C)CO[C@@]3(c4cccc([O-])c4)OO[C@@]123.